The molecule has 0 saturated heterocycles. The second kappa shape index (κ2) is 6.45. The van der Waals surface area contributed by atoms with Crippen LogP contribution in [0.2, 0.25) is 0 Å². The highest BCUT2D eigenvalue weighted by molar-refractivity contribution is 7.85. The number of nitrogens with one attached hydrogen (secondary N) is 1. The van der Waals surface area contributed by atoms with Crippen LogP contribution < -0.4 is 11.1 Å². The van der Waals surface area contributed by atoms with Crippen molar-refractivity contribution in [2.45, 2.75) is 4.90 Å². The Labute approximate surface area is 122 Å². The van der Waals surface area contributed by atoms with Crippen molar-refractivity contribution < 1.29 is 17.8 Å². The number of hydrogen-bond acceptors (Lipinski definition) is 3. The minimum absolute atomic E-state index is 0.0164. The Morgan fingerprint density at radius 1 is 1.14 bits per heavy atom. The number of hydrogen-bond donors (Lipinski definition) is 2. The van der Waals surface area contributed by atoms with E-state index in [0.717, 1.165) is 6.07 Å². The third kappa shape index (κ3) is 3.85. The Kier molecular flexibility index (Phi) is 4.64. The van der Waals surface area contributed by atoms with Gasteiger partial charge in [0.05, 0.1) is 21.4 Å². The third-order valence-corrected chi connectivity index (χ3v) is 3.96. The first-order valence-corrected chi connectivity index (χ1v) is 7.27. The fourth-order valence-corrected chi connectivity index (χ4v) is 2.61. The Morgan fingerprint density at radius 2 is 1.86 bits per heavy atom. The number of carbonyl (C=O) groups is 1. The van der Waals surface area contributed by atoms with Crippen LogP contribution in [0.4, 0.5) is 20.2 Å². The second-order valence-electron chi connectivity index (χ2n) is 4.21. The molecule has 0 bridgehead atoms. The Balaban J connectivity index is 2.06. The summed E-state index contributed by atoms with van der Waals surface area (Å²) in [4.78, 5) is 11.6. The monoisotopic (exact) mass is 310 g/mol. The lowest BCUT2D eigenvalue weighted by Crippen LogP contribution is -2.20. The topological polar surface area (TPSA) is 72.2 Å². The molecule has 21 heavy (non-hydrogen) atoms. The van der Waals surface area contributed by atoms with Crippen molar-refractivity contribution in [2.75, 3.05) is 16.8 Å². The first-order valence-electron chi connectivity index (χ1n) is 5.95. The van der Waals surface area contributed by atoms with Gasteiger partial charge in [0.1, 0.15) is 17.4 Å². The molecule has 0 aliphatic heterocycles. The van der Waals surface area contributed by atoms with Crippen LogP contribution >= 0.6 is 0 Å². The number of nitrogens with two attached hydrogens (primary N) is 1. The van der Waals surface area contributed by atoms with Gasteiger partial charge < -0.3 is 11.1 Å². The predicted molar refractivity (Wildman–Crippen MR) is 77.1 cm³/mol. The van der Waals surface area contributed by atoms with E-state index in [1.807, 2.05) is 0 Å². The zero-order chi connectivity index (χ0) is 15.4. The van der Waals surface area contributed by atoms with Gasteiger partial charge in [0.2, 0.25) is 5.91 Å². The summed E-state index contributed by atoms with van der Waals surface area (Å²) in [6.07, 6.45) is 0. The van der Waals surface area contributed by atoms with Crippen LogP contribution in [0.15, 0.2) is 47.4 Å². The molecule has 0 fully saturated rings. The van der Waals surface area contributed by atoms with Crippen molar-refractivity contribution in [3.8, 4) is 0 Å². The molecule has 3 N–H and O–H groups in total. The quantitative estimate of drug-likeness (QED) is 0.851. The summed E-state index contributed by atoms with van der Waals surface area (Å²) < 4.78 is 38.9. The van der Waals surface area contributed by atoms with E-state index in [2.05, 4.69) is 5.32 Å². The summed E-state index contributed by atoms with van der Waals surface area (Å²) in [5.41, 5.74) is 5.57. The van der Waals surface area contributed by atoms with Gasteiger partial charge in [-0.3, -0.25) is 9.00 Å². The second-order valence-corrected chi connectivity index (χ2v) is 5.63. The van der Waals surface area contributed by atoms with Crippen molar-refractivity contribution in [2.24, 2.45) is 0 Å². The average Bonchev–Trinajstić information content (AvgIpc) is 2.41. The normalized spacial score (nSPS) is 11.9. The standard InChI is InChI=1S/C14H12F2N2O2S/c15-10-3-1-2-4-12(10)18-14(19)8-21(20)13-6-5-9(17)7-11(13)16/h1-7H,8,17H2,(H,18,19). The van der Waals surface area contributed by atoms with Crippen molar-refractivity contribution in [1.82, 2.24) is 0 Å². The van der Waals surface area contributed by atoms with Crippen LogP contribution in [0.3, 0.4) is 0 Å². The minimum Gasteiger partial charge on any atom is -0.399 e. The molecule has 0 aliphatic rings. The highest BCUT2D eigenvalue weighted by Gasteiger charge is 2.15. The maximum atomic E-state index is 13.6. The molecular formula is C14H12F2N2O2S. The highest BCUT2D eigenvalue weighted by atomic mass is 32.2. The lowest BCUT2D eigenvalue weighted by atomic mass is 10.3. The van der Waals surface area contributed by atoms with Gasteiger partial charge in [-0.2, -0.15) is 0 Å². The SMILES string of the molecule is Nc1ccc(S(=O)CC(=O)Nc2ccccc2F)c(F)c1. The molecule has 1 atom stereocenters. The number of carbonyl (C=O) groups excluding carboxylic acids is 1. The molecule has 2 aromatic rings. The molecule has 1 unspecified atom stereocenters. The van der Waals surface area contributed by atoms with Crippen molar-refractivity contribution >= 4 is 28.1 Å². The largest absolute Gasteiger partial charge is 0.399 e. The van der Waals surface area contributed by atoms with E-state index in [1.165, 1.54) is 30.3 Å². The van der Waals surface area contributed by atoms with Gasteiger partial charge >= 0.3 is 0 Å². The van der Waals surface area contributed by atoms with Crippen LogP contribution in [0.5, 0.6) is 0 Å². The average molecular weight is 310 g/mol. The Bertz CT molecular complexity index is 707. The van der Waals surface area contributed by atoms with Gasteiger partial charge in [0.15, 0.2) is 0 Å². The number of anilines is 2. The summed E-state index contributed by atoms with van der Waals surface area (Å²) in [7, 11) is -1.88. The molecule has 0 radical (unpaired) electrons. The summed E-state index contributed by atoms with van der Waals surface area (Å²) in [6, 6.07) is 9.28. The van der Waals surface area contributed by atoms with E-state index in [9.17, 15) is 17.8 Å². The molecule has 110 valence electrons. The molecule has 2 aromatic carbocycles. The number of amides is 1. The zero-order valence-electron chi connectivity index (χ0n) is 10.8. The van der Waals surface area contributed by atoms with E-state index in [1.54, 1.807) is 6.07 Å². The van der Waals surface area contributed by atoms with Gasteiger partial charge in [-0.25, -0.2) is 8.78 Å². The van der Waals surface area contributed by atoms with Crippen LogP contribution in [0.1, 0.15) is 0 Å². The number of halogens is 2. The minimum atomic E-state index is -1.88. The molecule has 1 amide bonds. The fourth-order valence-electron chi connectivity index (χ4n) is 1.65. The van der Waals surface area contributed by atoms with Gasteiger partial charge in [-0.05, 0) is 30.3 Å². The molecule has 0 saturated carbocycles. The molecule has 0 spiro atoms. The maximum Gasteiger partial charge on any atom is 0.237 e. The summed E-state index contributed by atoms with van der Waals surface area (Å²) in [6.45, 7) is 0. The lowest BCUT2D eigenvalue weighted by Gasteiger charge is -2.07. The maximum absolute atomic E-state index is 13.6. The van der Waals surface area contributed by atoms with Gasteiger partial charge in [-0.1, -0.05) is 12.1 Å². The first kappa shape index (κ1) is 15.1. The number of benzene rings is 2. The smallest absolute Gasteiger partial charge is 0.237 e. The van der Waals surface area contributed by atoms with Crippen LogP contribution in [-0.2, 0) is 15.6 Å². The van der Waals surface area contributed by atoms with E-state index in [4.69, 9.17) is 5.73 Å². The molecule has 7 heteroatoms. The van der Waals surface area contributed by atoms with Crippen LogP contribution in [0.25, 0.3) is 0 Å². The van der Waals surface area contributed by atoms with E-state index in [0.29, 0.717) is 0 Å². The predicted octanol–water partition coefficient (Wildman–Crippen LogP) is 2.29. The van der Waals surface area contributed by atoms with Crippen LogP contribution in [-0.4, -0.2) is 15.9 Å². The summed E-state index contributed by atoms with van der Waals surface area (Å²) in [5, 5.41) is 2.29. The first-order chi connectivity index (χ1) is 9.97. The molecule has 0 aliphatic carbocycles. The van der Waals surface area contributed by atoms with E-state index >= 15 is 0 Å². The Morgan fingerprint density at radius 3 is 2.52 bits per heavy atom. The van der Waals surface area contributed by atoms with Crippen molar-refractivity contribution in [3.05, 3.63) is 54.1 Å². The highest BCUT2D eigenvalue weighted by Crippen LogP contribution is 2.17. The molecule has 2 rings (SSSR count). The van der Waals surface area contributed by atoms with E-state index < -0.39 is 34.1 Å². The molecule has 0 aromatic heterocycles. The molecule has 0 heterocycles. The Hall–Kier alpha value is -2.28. The third-order valence-electron chi connectivity index (χ3n) is 2.61. The number of para-hydroxylation sites is 1. The van der Waals surface area contributed by atoms with Crippen LogP contribution in [0, 0.1) is 11.6 Å². The zero-order valence-corrected chi connectivity index (χ0v) is 11.6. The molecule has 4 nitrogen and oxygen atoms in total. The van der Waals surface area contributed by atoms with Gasteiger partial charge in [-0.15, -0.1) is 0 Å². The van der Waals surface area contributed by atoms with E-state index in [-0.39, 0.29) is 16.3 Å². The van der Waals surface area contributed by atoms with Crippen molar-refractivity contribution in [3.63, 3.8) is 0 Å². The number of nitrogen functional groups attached to an aromatic ring is 1. The summed E-state index contributed by atoms with van der Waals surface area (Å²) >= 11 is 0. The van der Waals surface area contributed by atoms with Crippen molar-refractivity contribution in [1.29, 1.82) is 0 Å². The number of rotatable bonds is 4. The molecular weight excluding hydrogens is 298 g/mol. The van der Waals surface area contributed by atoms with Gasteiger partial charge in [0.25, 0.3) is 0 Å². The lowest BCUT2D eigenvalue weighted by molar-refractivity contribution is -0.113. The fraction of sp³-hybridized carbons (Fsp3) is 0.0714. The summed E-state index contributed by atoms with van der Waals surface area (Å²) in [5.74, 6) is -2.49. The van der Waals surface area contributed by atoms with Gasteiger partial charge in [0, 0.05) is 5.69 Å².